The molecular weight excluding hydrogens is 302 g/mol. The van der Waals surface area contributed by atoms with Gasteiger partial charge in [0.25, 0.3) is 0 Å². The number of hydrogen-bond acceptors (Lipinski definition) is 3. The third kappa shape index (κ3) is 3.46. The second kappa shape index (κ2) is 6.87. The van der Waals surface area contributed by atoms with E-state index in [9.17, 15) is 0 Å². The molecule has 20 heavy (non-hydrogen) atoms. The van der Waals surface area contributed by atoms with Gasteiger partial charge < -0.3 is 10.4 Å². The molecule has 0 unspecified atom stereocenters. The Morgan fingerprint density at radius 1 is 0.950 bits per heavy atom. The Hall–Kier alpha value is -2.13. The van der Waals surface area contributed by atoms with E-state index in [1.54, 1.807) is 12.4 Å². The Kier molecular flexibility index (Phi) is 4.91. The molecule has 92 valence electrons. The third-order valence-corrected chi connectivity index (χ3v) is 2.62. The van der Waals surface area contributed by atoms with Gasteiger partial charge >= 0.3 is 19.5 Å². The van der Waals surface area contributed by atoms with Gasteiger partial charge in [0.15, 0.2) is 0 Å². The van der Waals surface area contributed by atoms with Crippen molar-refractivity contribution in [3.05, 3.63) is 71.9 Å². The van der Waals surface area contributed by atoms with Gasteiger partial charge in [-0.25, -0.2) is 0 Å². The topological polar surface area (TPSA) is 52.2 Å². The van der Waals surface area contributed by atoms with Crippen molar-refractivity contribution in [2.75, 3.05) is 0 Å². The number of benzene rings is 1. The summed E-state index contributed by atoms with van der Waals surface area (Å²) >= 11 is 0. The molecule has 1 aromatic carbocycles. The smallest absolute Gasteiger partial charge is 0.435 e. The minimum absolute atomic E-state index is 0. The normalized spacial score (nSPS) is 10.4. The Morgan fingerprint density at radius 2 is 1.80 bits per heavy atom. The summed E-state index contributed by atoms with van der Waals surface area (Å²) in [7, 11) is 0. The molecule has 4 nitrogen and oxygen atoms in total. The fourth-order valence-corrected chi connectivity index (χ4v) is 1.71. The van der Waals surface area contributed by atoms with Gasteiger partial charge in [-0.15, -0.1) is 0 Å². The van der Waals surface area contributed by atoms with E-state index in [0.717, 1.165) is 16.6 Å². The number of fused-ring (bicyclic) bond motifs is 1. The number of para-hydroxylation sites is 1. The molecule has 3 rings (SSSR count). The Labute approximate surface area is 129 Å². The van der Waals surface area contributed by atoms with Crippen molar-refractivity contribution in [2.45, 2.75) is 0 Å². The maximum atomic E-state index is 4.41. The van der Waals surface area contributed by atoms with Crippen LogP contribution in [0.1, 0.15) is 5.69 Å². The largest absolute Gasteiger partial charge is 2.00 e. The molecule has 2 heterocycles. The van der Waals surface area contributed by atoms with Crippen molar-refractivity contribution in [3.63, 3.8) is 0 Å². The number of nitrogens with zero attached hydrogens (tertiary/aromatic N) is 4. The van der Waals surface area contributed by atoms with Crippen molar-refractivity contribution >= 4 is 22.9 Å². The van der Waals surface area contributed by atoms with Crippen molar-refractivity contribution in [1.29, 1.82) is 0 Å². The van der Waals surface area contributed by atoms with Crippen LogP contribution in [0.2, 0.25) is 0 Å². The molecule has 0 saturated carbocycles. The van der Waals surface area contributed by atoms with E-state index in [4.69, 9.17) is 0 Å². The first kappa shape index (κ1) is 14.3. The molecule has 5 heteroatoms. The molecule has 0 saturated heterocycles. The van der Waals surface area contributed by atoms with Crippen molar-refractivity contribution in [2.24, 2.45) is 5.10 Å². The van der Waals surface area contributed by atoms with Gasteiger partial charge in [-0.05, 0) is 28.9 Å². The summed E-state index contributed by atoms with van der Waals surface area (Å²) < 4.78 is 0. The molecule has 0 aliphatic rings. The van der Waals surface area contributed by atoms with E-state index in [1.807, 2.05) is 54.6 Å². The zero-order chi connectivity index (χ0) is 12.9. The summed E-state index contributed by atoms with van der Waals surface area (Å²) in [6.45, 7) is 0. The van der Waals surface area contributed by atoms with Gasteiger partial charge in [0.05, 0.1) is 11.9 Å². The van der Waals surface area contributed by atoms with Crippen LogP contribution >= 0.6 is 0 Å². The number of aromatic nitrogens is 2. The summed E-state index contributed by atoms with van der Waals surface area (Å²) in [5, 5.41) is 5.09. The quantitative estimate of drug-likeness (QED) is 0.421. The monoisotopic (exact) mass is 311 g/mol. The summed E-state index contributed by atoms with van der Waals surface area (Å²) in [5.74, 6) is 0.589. The van der Waals surface area contributed by atoms with Crippen LogP contribution in [0.15, 0.2) is 65.9 Å². The molecule has 0 fully saturated rings. The molecule has 0 bridgehead atoms. The number of rotatable bonds is 3. The fourth-order valence-electron chi connectivity index (χ4n) is 1.71. The van der Waals surface area contributed by atoms with Crippen LogP contribution in [0.5, 0.6) is 0 Å². The number of hydrogen-bond donors (Lipinski definition) is 0. The zero-order valence-electron chi connectivity index (χ0n) is 10.8. The van der Waals surface area contributed by atoms with E-state index in [1.165, 1.54) is 0 Å². The van der Waals surface area contributed by atoms with E-state index in [0.29, 0.717) is 5.82 Å². The van der Waals surface area contributed by atoms with Gasteiger partial charge in [0, 0.05) is 6.20 Å². The van der Waals surface area contributed by atoms with Crippen molar-refractivity contribution in [1.82, 2.24) is 9.97 Å². The molecule has 0 N–H and O–H groups in total. The van der Waals surface area contributed by atoms with Gasteiger partial charge in [-0.1, -0.05) is 42.5 Å². The standard InChI is InChI=1S/C15H11N4.Zn/c1-2-7-14-12(5-1)8-9-15(18-14)19-17-11-13-6-3-4-10-16-13;/h1-11H;/q-1;+2/b17-11+;. The van der Waals surface area contributed by atoms with Crippen molar-refractivity contribution in [3.8, 4) is 0 Å². The summed E-state index contributed by atoms with van der Waals surface area (Å²) in [6, 6.07) is 17.4. The first-order chi connectivity index (χ1) is 9.42. The van der Waals surface area contributed by atoms with E-state index in [2.05, 4.69) is 20.5 Å². The van der Waals surface area contributed by atoms with E-state index < -0.39 is 0 Å². The SMILES string of the molecule is C(=N\[N-]c1ccc2ccccc2n1)/c1ccccn1.[Zn+2]. The minimum atomic E-state index is 0. The van der Waals surface area contributed by atoms with Crippen LogP contribution < -0.4 is 0 Å². The molecule has 0 atom stereocenters. The number of pyridine rings is 2. The van der Waals surface area contributed by atoms with Crippen LogP contribution in [-0.4, -0.2) is 16.2 Å². The molecule has 0 aliphatic carbocycles. The third-order valence-electron chi connectivity index (χ3n) is 2.62. The van der Waals surface area contributed by atoms with Gasteiger partial charge in [-0.2, -0.15) is 0 Å². The summed E-state index contributed by atoms with van der Waals surface area (Å²) in [5.41, 5.74) is 5.75. The molecular formula is C15H11N4Zn+. The van der Waals surface area contributed by atoms with Crippen molar-refractivity contribution < 1.29 is 19.5 Å². The molecule has 2 aromatic heterocycles. The van der Waals surface area contributed by atoms with E-state index >= 15 is 0 Å². The van der Waals surface area contributed by atoms with Crippen LogP contribution in [-0.2, 0) is 19.5 Å². The average Bonchev–Trinajstić information content (AvgIpc) is 2.48. The Balaban J connectivity index is 0.00000147. The van der Waals surface area contributed by atoms with Gasteiger partial charge in [0.1, 0.15) is 0 Å². The van der Waals surface area contributed by atoms with Crippen LogP contribution in [0, 0.1) is 0 Å². The summed E-state index contributed by atoms with van der Waals surface area (Å²) in [4.78, 5) is 8.54. The molecule has 0 aliphatic heterocycles. The Morgan fingerprint density at radius 3 is 2.65 bits per heavy atom. The predicted molar refractivity (Wildman–Crippen MR) is 76.6 cm³/mol. The fraction of sp³-hybridized carbons (Fsp3) is 0. The first-order valence-corrected chi connectivity index (χ1v) is 5.93. The van der Waals surface area contributed by atoms with E-state index in [-0.39, 0.29) is 19.5 Å². The first-order valence-electron chi connectivity index (χ1n) is 5.93. The molecule has 0 amide bonds. The average molecular weight is 313 g/mol. The molecule has 3 aromatic rings. The molecule has 0 spiro atoms. The maximum absolute atomic E-state index is 4.41. The van der Waals surface area contributed by atoms with Crippen LogP contribution in [0.25, 0.3) is 16.3 Å². The second-order valence-electron chi connectivity index (χ2n) is 3.96. The van der Waals surface area contributed by atoms with Crippen LogP contribution in [0.3, 0.4) is 0 Å². The zero-order valence-corrected chi connectivity index (χ0v) is 13.8. The molecule has 0 radical (unpaired) electrons. The van der Waals surface area contributed by atoms with Gasteiger partial charge in [-0.3, -0.25) is 10.1 Å². The maximum Gasteiger partial charge on any atom is 2.00 e. The minimum Gasteiger partial charge on any atom is -0.435 e. The second-order valence-corrected chi connectivity index (χ2v) is 3.96. The van der Waals surface area contributed by atoms with Crippen LogP contribution in [0.4, 0.5) is 5.82 Å². The van der Waals surface area contributed by atoms with Gasteiger partial charge in [0.2, 0.25) is 0 Å². The Bertz CT molecular complexity index is 713. The summed E-state index contributed by atoms with van der Waals surface area (Å²) in [6.07, 6.45) is 3.33. The predicted octanol–water partition coefficient (Wildman–Crippen LogP) is 3.67.